The molecule has 1 atom stereocenters. The predicted octanol–water partition coefficient (Wildman–Crippen LogP) is 1.91. The molecule has 3 rings (SSSR count). The maximum atomic E-state index is 13.7. The number of sulfonamides is 1. The highest BCUT2D eigenvalue weighted by Gasteiger charge is 2.33. The Morgan fingerprint density at radius 2 is 2.04 bits per heavy atom. The van der Waals surface area contributed by atoms with Crippen LogP contribution in [0.2, 0.25) is 0 Å². The first-order valence-electron chi connectivity index (χ1n) is 7.62. The second-order valence-electron chi connectivity index (χ2n) is 5.75. The molecule has 24 heavy (non-hydrogen) atoms. The van der Waals surface area contributed by atoms with Gasteiger partial charge in [-0.2, -0.15) is 9.40 Å². The Hall–Kier alpha value is -2.06. The molecule has 1 saturated heterocycles. The number of benzene rings is 1. The van der Waals surface area contributed by atoms with Crippen molar-refractivity contribution in [2.45, 2.75) is 25.2 Å². The summed E-state index contributed by atoms with van der Waals surface area (Å²) in [5.41, 5.74) is 0.953. The molecule has 0 spiro atoms. The summed E-state index contributed by atoms with van der Waals surface area (Å²) in [4.78, 5) is 0. The van der Waals surface area contributed by atoms with Gasteiger partial charge in [0, 0.05) is 18.2 Å². The molecular formula is C16H18FN3O3S. The van der Waals surface area contributed by atoms with Crippen LogP contribution in [0.4, 0.5) is 4.39 Å². The topological polar surface area (TPSA) is 72.4 Å². The van der Waals surface area contributed by atoms with E-state index in [9.17, 15) is 12.8 Å². The van der Waals surface area contributed by atoms with E-state index in [2.05, 4.69) is 10.2 Å². The molecule has 0 bridgehead atoms. The van der Waals surface area contributed by atoms with Crippen molar-refractivity contribution in [3.63, 3.8) is 0 Å². The van der Waals surface area contributed by atoms with Crippen molar-refractivity contribution in [1.82, 2.24) is 14.5 Å². The summed E-state index contributed by atoms with van der Waals surface area (Å²) in [5, 5.41) is 7.82. The zero-order valence-electron chi connectivity index (χ0n) is 13.2. The Kier molecular flexibility index (Phi) is 4.77. The molecule has 1 aliphatic rings. The second-order valence-corrected chi connectivity index (χ2v) is 7.72. The molecule has 8 heteroatoms. The zero-order chi connectivity index (χ0) is 17.2. The summed E-state index contributed by atoms with van der Waals surface area (Å²) in [7, 11) is -3.59. The van der Waals surface area contributed by atoms with E-state index in [1.165, 1.54) is 22.5 Å². The van der Waals surface area contributed by atoms with Crippen LogP contribution >= 0.6 is 0 Å². The Balaban J connectivity index is 1.64. The molecular weight excluding hydrogens is 333 g/mol. The number of ether oxygens (including phenoxy) is 1. The van der Waals surface area contributed by atoms with E-state index in [-0.39, 0.29) is 24.0 Å². The third-order valence-electron chi connectivity index (χ3n) is 3.86. The van der Waals surface area contributed by atoms with Crippen molar-refractivity contribution in [3.05, 3.63) is 53.5 Å². The number of rotatable bonds is 5. The number of aryl methyl sites for hydroxylation is 1. The molecule has 1 aromatic heterocycles. The molecule has 1 aliphatic heterocycles. The van der Waals surface area contributed by atoms with Crippen molar-refractivity contribution < 1.29 is 17.5 Å². The van der Waals surface area contributed by atoms with E-state index >= 15 is 0 Å². The van der Waals surface area contributed by atoms with E-state index in [0.29, 0.717) is 18.8 Å². The lowest BCUT2D eigenvalue weighted by molar-refractivity contribution is 0.204. The molecule has 0 amide bonds. The number of aromatic nitrogens is 2. The van der Waals surface area contributed by atoms with Gasteiger partial charge in [-0.15, -0.1) is 5.10 Å². The highest BCUT2D eigenvalue weighted by Crippen LogP contribution is 2.21. The van der Waals surface area contributed by atoms with E-state index in [1.54, 1.807) is 18.2 Å². The van der Waals surface area contributed by atoms with Gasteiger partial charge >= 0.3 is 0 Å². The fourth-order valence-electron chi connectivity index (χ4n) is 2.57. The molecule has 1 unspecified atom stereocenters. The van der Waals surface area contributed by atoms with E-state index in [0.717, 1.165) is 5.69 Å². The lowest BCUT2D eigenvalue weighted by atomic mass is 10.2. The van der Waals surface area contributed by atoms with Crippen LogP contribution in [0.5, 0.6) is 5.88 Å². The fraction of sp³-hybridized carbons (Fsp3) is 0.375. The monoisotopic (exact) mass is 351 g/mol. The van der Waals surface area contributed by atoms with Crippen molar-refractivity contribution in [3.8, 4) is 5.88 Å². The lowest BCUT2D eigenvalue weighted by Gasteiger charge is -2.17. The van der Waals surface area contributed by atoms with E-state index in [1.807, 2.05) is 6.92 Å². The smallest absolute Gasteiger partial charge is 0.233 e. The van der Waals surface area contributed by atoms with E-state index in [4.69, 9.17) is 4.74 Å². The Morgan fingerprint density at radius 1 is 1.25 bits per heavy atom. The highest BCUT2D eigenvalue weighted by atomic mass is 32.2. The van der Waals surface area contributed by atoms with Crippen LogP contribution in [-0.4, -0.2) is 42.1 Å². The summed E-state index contributed by atoms with van der Waals surface area (Å²) in [6.07, 6.45) is 0.281. The molecule has 6 nitrogen and oxygen atoms in total. The first-order chi connectivity index (χ1) is 11.4. The van der Waals surface area contributed by atoms with Gasteiger partial charge in [-0.3, -0.25) is 0 Å². The molecule has 0 aliphatic carbocycles. The van der Waals surface area contributed by atoms with Crippen LogP contribution in [0.25, 0.3) is 0 Å². The summed E-state index contributed by atoms with van der Waals surface area (Å²) in [6, 6.07) is 9.39. The van der Waals surface area contributed by atoms with Crippen LogP contribution in [0.3, 0.4) is 0 Å². The molecule has 0 radical (unpaired) electrons. The van der Waals surface area contributed by atoms with Crippen LogP contribution in [0.15, 0.2) is 36.4 Å². The van der Waals surface area contributed by atoms with Gasteiger partial charge < -0.3 is 4.74 Å². The second kappa shape index (κ2) is 6.82. The Bertz CT molecular complexity index is 812. The lowest BCUT2D eigenvalue weighted by Crippen LogP contribution is -2.32. The Labute approximate surface area is 140 Å². The minimum atomic E-state index is -3.59. The van der Waals surface area contributed by atoms with Crippen LogP contribution in [0.1, 0.15) is 17.7 Å². The van der Waals surface area contributed by atoms with Crippen LogP contribution in [-0.2, 0) is 15.8 Å². The van der Waals surface area contributed by atoms with Gasteiger partial charge in [-0.25, -0.2) is 12.8 Å². The van der Waals surface area contributed by atoms with Gasteiger partial charge in [-0.05, 0) is 25.5 Å². The largest absolute Gasteiger partial charge is 0.472 e. The molecule has 2 heterocycles. The SMILES string of the molecule is Cc1ccc(OC2CCN(S(=O)(=O)Cc3ccccc3F)C2)nn1. The maximum Gasteiger partial charge on any atom is 0.233 e. The molecule has 0 N–H and O–H groups in total. The molecule has 128 valence electrons. The fourth-order valence-corrected chi connectivity index (χ4v) is 4.16. The summed E-state index contributed by atoms with van der Waals surface area (Å²) < 4.78 is 45.6. The number of halogens is 1. The molecule has 1 fully saturated rings. The van der Waals surface area contributed by atoms with Gasteiger partial charge in [0.15, 0.2) is 0 Å². The third kappa shape index (κ3) is 3.88. The van der Waals surface area contributed by atoms with Crippen molar-refractivity contribution in [2.75, 3.05) is 13.1 Å². The van der Waals surface area contributed by atoms with Crippen molar-refractivity contribution >= 4 is 10.0 Å². The predicted molar refractivity (Wildman–Crippen MR) is 86.4 cm³/mol. The van der Waals surface area contributed by atoms with Crippen LogP contribution in [0, 0.1) is 12.7 Å². The van der Waals surface area contributed by atoms with Gasteiger partial charge in [0.25, 0.3) is 0 Å². The highest BCUT2D eigenvalue weighted by molar-refractivity contribution is 7.88. The van der Waals surface area contributed by atoms with Gasteiger partial charge in [-0.1, -0.05) is 18.2 Å². The number of nitrogens with zero attached hydrogens (tertiary/aromatic N) is 3. The number of hydrogen-bond acceptors (Lipinski definition) is 5. The molecule has 2 aromatic rings. The molecule has 0 saturated carbocycles. The third-order valence-corrected chi connectivity index (χ3v) is 5.65. The average Bonchev–Trinajstić information content (AvgIpc) is 3.01. The molecule has 1 aromatic carbocycles. The first kappa shape index (κ1) is 16.8. The van der Waals surface area contributed by atoms with Crippen molar-refractivity contribution in [2.24, 2.45) is 0 Å². The van der Waals surface area contributed by atoms with Crippen LogP contribution < -0.4 is 4.74 Å². The zero-order valence-corrected chi connectivity index (χ0v) is 14.0. The average molecular weight is 351 g/mol. The van der Waals surface area contributed by atoms with Gasteiger partial charge in [0.1, 0.15) is 11.9 Å². The quantitative estimate of drug-likeness (QED) is 0.823. The number of hydrogen-bond donors (Lipinski definition) is 0. The minimum Gasteiger partial charge on any atom is -0.472 e. The van der Waals surface area contributed by atoms with Gasteiger partial charge in [0.2, 0.25) is 15.9 Å². The van der Waals surface area contributed by atoms with E-state index < -0.39 is 15.8 Å². The summed E-state index contributed by atoms with van der Waals surface area (Å²) >= 11 is 0. The first-order valence-corrected chi connectivity index (χ1v) is 9.23. The summed E-state index contributed by atoms with van der Waals surface area (Å²) in [6.45, 7) is 2.40. The normalized spacial score (nSPS) is 18.7. The van der Waals surface area contributed by atoms with Gasteiger partial charge in [0.05, 0.1) is 18.0 Å². The standard InChI is InChI=1S/C16H18FN3O3S/c1-12-6-7-16(19-18-12)23-14-8-9-20(10-14)24(21,22)11-13-4-2-3-5-15(13)17/h2-7,14H,8-11H2,1H3. The minimum absolute atomic E-state index is 0.172. The maximum absolute atomic E-state index is 13.7. The Morgan fingerprint density at radius 3 is 2.75 bits per heavy atom. The van der Waals surface area contributed by atoms with Crippen molar-refractivity contribution in [1.29, 1.82) is 0 Å². The summed E-state index contributed by atoms with van der Waals surface area (Å²) in [5.74, 6) is -0.488.